The molecule has 2 nitrogen and oxygen atoms in total. The van der Waals surface area contributed by atoms with E-state index in [4.69, 9.17) is 4.74 Å². The maximum Gasteiger partial charge on any atom is 0.0594 e. The standard InChI is InChI=1S/C11H23NOS/c1-4-11(10(2)14-3)9-12-5-7-13-8-6-12/h10-11H,4-9H2,1-3H3/t10?,11-/m0/s1. The highest BCUT2D eigenvalue weighted by Crippen LogP contribution is 2.21. The van der Waals surface area contributed by atoms with E-state index in [-0.39, 0.29) is 0 Å². The molecule has 1 heterocycles. The van der Waals surface area contributed by atoms with Crippen LogP contribution in [0.1, 0.15) is 20.3 Å². The van der Waals surface area contributed by atoms with Gasteiger partial charge in [-0.25, -0.2) is 0 Å². The second kappa shape index (κ2) is 6.70. The van der Waals surface area contributed by atoms with Crippen molar-refractivity contribution in [3.63, 3.8) is 0 Å². The lowest BCUT2D eigenvalue weighted by Crippen LogP contribution is -2.40. The topological polar surface area (TPSA) is 12.5 Å². The van der Waals surface area contributed by atoms with Gasteiger partial charge in [0.15, 0.2) is 0 Å². The number of thioether (sulfide) groups is 1. The molecule has 0 radical (unpaired) electrons. The summed E-state index contributed by atoms with van der Waals surface area (Å²) in [6.45, 7) is 9.99. The number of nitrogens with zero attached hydrogens (tertiary/aromatic N) is 1. The van der Waals surface area contributed by atoms with Crippen LogP contribution < -0.4 is 0 Å². The molecular formula is C11H23NOS. The molecule has 1 saturated heterocycles. The molecule has 0 bridgehead atoms. The van der Waals surface area contributed by atoms with Gasteiger partial charge in [-0.2, -0.15) is 11.8 Å². The Morgan fingerprint density at radius 1 is 1.36 bits per heavy atom. The van der Waals surface area contributed by atoms with Crippen molar-refractivity contribution in [1.29, 1.82) is 0 Å². The van der Waals surface area contributed by atoms with Crippen molar-refractivity contribution in [1.82, 2.24) is 4.90 Å². The average molecular weight is 217 g/mol. The summed E-state index contributed by atoms with van der Waals surface area (Å²) in [4.78, 5) is 2.55. The van der Waals surface area contributed by atoms with Crippen LogP contribution >= 0.6 is 11.8 Å². The first-order valence-corrected chi connectivity index (χ1v) is 6.89. The van der Waals surface area contributed by atoms with Crippen LogP contribution in [0.2, 0.25) is 0 Å². The predicted octanol–water partition coefficient (Wildman–Crippen LogP) is 2.10. The van der Waals surface area contributed by atoms with Crippen LogP contribution in [0.25, 0.3) is 0 Å². The van der Waals surface area contributed by atoms with Crippen LogP contribution in [0.4, 0.5) is 0 Å². The van der Waals surface area contributed by atoms with Gasteiger partial charge in [0.1, 0.15) is 0 Å². The quantitative estimate of drug-likeness (QED) is 0.700. The first-order chi connectivity index (χ1) is 6.77. The molecule has 2 atom stereocenters. The fraction of sp³-hybridized carbons (Fsp3) is 1.00. The highest BCUT2D eigenvalue weighted by molar-refractivity contribution is 7.99. The van der Waals surface area contributed by atoms with E-state index in [0.29, 0.717) is 0 Å². The van der Waals surface area contributed by atoms with Gasteiger partial charge in [-0.05, 0) is 12.2 Å². The molecule has 14 heavy (non-hydrogen) atoms. The van der Waals surface area contributed by atoms with Gasteiger partial charge < -0.3 is 4.74 Å². The molecule has 1 aliphatic rings. The lowest BCUT2D eigenvalue weighted by Gasteiger charge is -2.32. The highest BCUT2D eigenvalue weighted by Gasteiger charge is 2.19. The summed E-state index contributed by atoms with van der Waals surface area (Å²) in [5, 5.41) is 0.780. The van der Waals surface area contributed by atoms with Gasteiger partial charge in [0.25, 0.3) is 0 Å². The Hall–Kier alpha value is 0.270. The number of morpholine rings is 1. The molecule has 84 valence electrons. The molecule has 0 N–H and O–H groups in total. The van der Waals surface area contributed by atoms with Crippen molar-refractivity contribution in [3.05, 3.63) is 0 Å². The van der Waals surface area contributed by atoms with E-state index in [0.717, 1.165) is 37.5 Å². The van der Waals surface area contributed by atoms with Crippen molar-refractivity contribution in [3.8, 4) is 0 Å². The third-order valence-electron chi connectivity index (χ3n) is 3.16. The third-order valence-corrected chi connectivity index (χ3v) is 4.28. The zero-order valence-corrected chi connectivity index (χ0v) is 10.5. The third kappa shape index (κ3) is 3.79. The summed E-state index contributed by atoms with van der Waals surface area (Å²) in [5.41, 5.74) is 0. The minimum atomic E-state index is 0.780. The zero-order chi connectivity index (χ0) is 10.4. The van der Waals surface area contributed by atoms with E-state index < -0.39 is 0 Å². The summed E-state index contributed by atoms with van der Waals surface area (Å²) >= 11 is 1.99. The number of hydrogen-bond acceptors (Lipinski definition) is 3. The molecule has 1 aliphatic heterocycles. The molecule has 1 unspecified atom stereocenters. The summed E-state index contributed by atoms with van der Waals surface area (Å²) in [6.07, 6.45) is 3.51. The van der Waals surface area contributed by atoms with Crippen LogP contribution in [0.3, 0.4) is 0 Å². The summed E-state index contributed by atoms with van der Waals surface area (Å²) < 4.78 is 5.35. The monoisotopic (exact) mass is 217 g/mol. The molecule has 1 fully saturated rings. The average Bonchev–Trinajstić information content (AvgIpc) is 2.26. The van der Waals surface area contributed by atoms with Crippen molar-refractivity contribution in [2.75, 3.05) is 39.1 Å². The van der Waals surface area contributed by atoms with Crippen LogP contribution in [-0.4, -0.2) is 49.3 Å². The Morgan fingerprint density at radius 3 is 2.50 bits per heavy atom. The van der Waals surface area contributed by atoms with Gasteiger partial charge in [-0.15, -0.1) is 0 Å². The Bertz CT molecular complexity index is 148. The summed E-state index contributed by atoms with van der Waals surface area (Å²) in [5.74, 6) is 0.836. The number of rotatable bonds is 5. The normalized spacial score (nSPS) is 23.4. The van der Waals surface area contributed by atoms with E-state index in [2.05, 4.69) is 25.0 Å². The second-order valence-electron chi connectivity index (χ2n) is 4.02. The Kier molecular flexibility index (Phi) is 5.90. The summed E-state index contributed by atoms with van der Waals surface area (Å²) in [7, 11) is 0. The zero-order valence-electron chi connectivity index (χ0n) is 9.66. The Balaban J connectivity index is 2.30. The van der Waals surface area contributed by atoms with Gasteiger partial charge in [0, 0.05) is 24.9 Å². The van der Waals surface area contributed by atoms with Crippen LogP contribution in [0, 0.1) is 5.92 Å². The van der Waals surface area contributed by atoms with Gasteiger partial charge in [-0.3, -0.25) is 4.90 Å². The molecule has 3 heteroatoms. The van der Waals surface area contributed by atoms with Gasteiger partial charge in [-0.1, -0.05) is 20.3 Å². The maximum absolute atomic E-state index is 5.35. The Morgan fingerprint density at radius 2 is 2.00 bits per heavy atom. The first kappa shape index (κ1) is 12.3. The van der Waals surface area contributed by atoms with Crippen LogP contribution in [-0.2, 0) is 4.74 Å². The maximum atomic E-state index is 5.35. The van der Waals surface area contributed by atoms with Crippen molar-refractivity contribution in [2.45, 2.75) is 25.5 Å². The molecule has 0 aromatic heterocycles. The Labute approximate surface area is 92.4 Å². The molecule has 0 amide bonds. The second-order valence-corrected chi connectivity index (χ2v) is 5.24. The van der Waals surface area contributed by atoms with E-state index in [9.17, 15) is 0 Å². The lowest BCUT2D eigenvalue weighted by atomic mass is 10.0. The van der Waals surface area contributed by atoms with Gasteiger partial charge >= 0.3 is 0 Å². The van der Waals surface area contributed by atoms with Gasteiger partial charge in [0.05, 0.1) is 13.2 Å². The number of hydrogen-bond donors (Lipinski definition) is 0. The first-order valence-electron chi connectivity index (χ1n) is 5.60. The van der Waals surface area contributed by atoms with E-state index in [1.807, 2.05) is 11.8 Å². The molecular weight excluding hydrogens is 194 g/mol. The van der Waals surface area contributed by atoms with Crippen LogP contribution in [0.15, 0.2) is 0 Å². The van der Waals surface area contributed by atoms with Crippen molar-refractivity contribution < 1.29 is 4.74 Å². The molecule has 0 aromatic carbocycles. The number of ether oxygens (including phenoxy) is 1. The van der Waals surface area contributed by atoms with E-state index in [1.165, 1.54) is 13.0 Å². The lowest BCUT2D eigenvalue weighted by molar-refractivity contribution is 0.0305. The fourth-order valence-corrected chi connectivity index (χ4v) is 2.58. The predicted molar refractivity (Wildman–Crippen MR) is 64.0 cm³/mol. The van der Waals surface area contributed by atoms with Gasteiger partial charge in [0.2, 0.25) is 0 Å². The smallest absolute Gasteiger partial charge is 0.0594 e. The molecule has 1 rings (SSSR count). The van der Waals surface area contributed by atoms with Crippen molar-refractivity contribution in [2.24, 2.45) is 5.92 Å². The minimum absolute atomic E-state index is 0.780. The molecule has 0 spiro atoms. The SMILES string of the molecule is CC[C@@H](CN1CCOCC1)C(C)SC. The van der Waals surface area contributed by atoms with Crippen molar-refractivity contribution >= 4 is 11.8 Å². The molecule has 0 aliphatic carbocycles. The fourth-order valence-electron chi connectivity index (χ4n) is 1.92. The largest absolute Gasteiger partial charge is 0.379 e. The van der Waals surface area contributed by atoms with E-state index >= 15 is 0 Å². The minimum Gasteiger partial charge on any atom is -0.379 e. The summed E-state index contributed by atoms with van der Waals surface area (Å²) in [6, 6.07) is 0. The molecule has 0 saturated carbocycles. The van der Waals surface area contributed by atoms with Crippen LogP contribution in [0.5, 0.6) is 0 Å². The highest BCUT2D eigenvalue weighted by atomic mass is 32.2. The molecule has 0 aromatic rings. The van der Waals surface area contributed by atoms with E-state index in [1.54, 1.807) is 0 Å².